The van der Waals surface area contributed by atoms with Crippen LogP contribution in [0.2, 0.25) is 0 Å². The Morgan fingerprint density at radius 2 is 2.29 bits per heavy atom. The van der Waals surface area contributed by atoms with Crippen molar-refractivity contribution in [2.75, 3.05) is 26.7 Å². The van der Waals surface area contributed by atoms with Crippen LogP contribution in [0.4, 0.5) is 0 Å². The van der Waals surface area contributed by atoms with E-state index in [-0.39, 0.29) is 0 Å². The Morgan fingerprint density at radius 3 is 3.06 bits per heavy atom. The average molecular weight is 234 g/mol. The van der Waals surface area contributed by atoms with Crippen LogP contribution in [0, 0.1) is 0 Å². The monoisotopic (exact) mass is 234 g/mol. The molecule has 1 unspecified atom stereocenters. The first-order chi connectivity index (χ1) is 8.20. The van der Waals surface area contributed by atoms with Gasteiger partial charge in [-0.25, -0.2) is 0 Å². The second-order valence-corrected chi connectivity index (χ2v) is 4.82. The first-order valence-corrected chi connectivity index (χ1v) is 6.44. The van der Waals surface area contributed by atoms with Crippen molar-refractivity contribution in [1.82, 2.24) is 10.2 Å². The number of fused-ring (bicyclic) bond motifs is 1. The molecule has 3 nitrogen and oxygen atoms in total. The van der Waals surface area contributed by atoms with Gasteiger partial charge in [0.15, 0.2) is 0 Å². The van der Waals surface area contributed by atoms with E-state index in [1.807, 2.05) is 6.07 Å². The van der Waals surface area contributed by atoms with E-state index in [2.05, 4.69) is 30.3 Å². The van der Waals surface area contributed by atoms with E-state index in [9.17, 15) is 5.11 Å². The molecule has 94 valence electrons. The summed E-state index contributed by atoms with van der Waals surface area (Å²) in [7, 11) is 2.14. The first-order valence-electron chi connectivity index (χ1n) is 6.44. The minimum Gasteiger partial charge on any atom is -0.508 e. The fourth-order valence-corrected chi connectivity index (χ4v) is 2.40. The van der Waals surface area contributed by atoms with Gasteiger partial charge in [-0.05, 0) is 49.7 Å². The largest absolute Gasteiger partial charge is 0.508 e. The Balaban J connectivity index is 1.89. The Morgan fingerprint density at radius 1 is 1.47 bits per heavy atom. The molecule has 0 bridgehead atoms. The van der Waals surface area contributed by atoms with Crippen molar-refractivity contribution in [3.8, 4) is 5.75 Å². The lowest BCUT2D eigenvalue weighted by Crippen LogP contribution is -2.30. The van der Waals surface area contributed by atoms with Crippen molar-refractivity contribution >= 4 is 0 Å². The molecule has 2 rings (SSSR count). The van der Waals surface area contributed by atoms with E-state index in [4.69, 9.17) is 0 Å². The SMILES string of the molecule is CCN(C)CCNC1CCc2cc(O)ccc21. The molecule has 17 heavy (non-hydrogen) atoms. The predicted octanol–water partition coefficient (Wildman–Crippen LogP) is 1.92. The van der Waals surface area contributed by atoms with Crippen LogP contribution >= 0.6 is 0 Å². The normalized spacial score (nSPS) is 18.6. The third-order valence-electron chi connectivity index (χ3n) is 3.63. The number of nitrogens with one attached hydrogen (secondary N) is 1. The fourth-order valence-electron chi connectivity index (χ4n) is 2.40. The van der Waals surface area contributed by atoms with Crippen molar-refractivity contribution in [2.24, 2.45) is 0 Å². The molecule has 0 aliphatic heterocycles. The average Bonchev–Trinajstić information content (AvgIpc) is 2.71. The molecule has 1 aliphatic carbocycles. The van der Waals surface area contributed by atoms with Gasteiger partial charge in [0.1, 0.15) is 5.75 Å². The summed E-state index contributed by atoms with van der Waals surface area (Å²) in [6, 6.07) is 6.21. The molecular weight excluding hydrogens is 212 g/mol. The number of hydrogen-bond acceptors (Lipinski definition) is 3. The lowest BCUT2D eigenvalue weighted by molar-refractivity contribution is 0.339. The highest BCUT2D eigenvalue weighted by molar-refractivity contribution is 5.39. The molecule has 2 N–H and O–H groups in total. The number of rotatable bonds is 5. The minimum atomic E-state index is 0.384. The van der Waals surface area contributed by atoms with Gasteiger partial charge in [0.25, 0.3) is 0 Å². The number of likely N-dealkylation sites (N-methyl/N-ethyl adjacent to an activating group) is 1. The zero-order valence-electron chi connectivity index (χ0n) is 10.7. The van der Waals surface area contributed by atoms with Crippen molar-refractivity contribution < 1.29 is 5.11 Å². The van der Waals surface area contributed by atoms with E-state index < -0.39 is 0 Å². The van der Waals surface area contributed by atoms with Crippen molar-refractivity contribution in [3.05, 3.63) is 29.3 Å². The van der Waals surface area contributed by atoms with Gasteiger partial charge in [-0.1, -0.05) is 13.0 Å². The van der Waals surface area contributed by atoms with Gasteiger partial charge in [-0.2, -0.15) is 0 Å². The number of phenols is 1. The number of nitrogens with zero attached hydrogens (tertiary/aromatic N) is 1. The van der Waals surface area contributed by atoms with Gasteiger partial charge in [-0.3, -0.25) is 0 Å². The van der Waals surface area contributed by atoms with Crippen LogP contribution in [0.5, 0.6) is 5.75 Å². The van der Waals surface area contributed by atoms with Crippen molar-refractivity contribution in [2.45, 2.75) is 25.8 Å². The third-order valence-corrected chi connectivity index (χ3v) is 3.63. The van der Waals surface area contributed by atoms with Crippen LogP contribution in [-0.2, 0) is 6.42 Å². The number of phenolic OH excluding ortho intramolecular Hbond substituents is 1. The van der Waals surface area contributed by atoms with E-state index in [0.717, 1.165) is 32.5 Å². The summed E-state index contributed by atoms with van der Waals surface area (Å²) in [5, 5.41) is 13.0. The van der Waals surface area contributed by atoms with Gasteiger partial charge < -0.3 is 15.3 Å². The van der Waals surface area contributed by atoms with Gasteiger partial charge in [0.05, 0.1) is 0 Å². The highest BCUT2D eigenvalue weighted by Crippen LogP contribution is 2.32. The minimum absolute atomic E-state index is 0.384. The summed E-state index contributed by atoms with van der Waals surface area (Å²) >= 11 is 0. The van der Waals surface area contributed by atoms with Crippen molar-refractivity contribution in [1.29, 1.82) is 0 Å². The zero-order chi connectivity index (χ0) is 12.3. The van der Waals surface area contributed by atoms with Crippen LogP contribution < -0.4 is 5.32 Å². The van der Waals surface area contributed by atoms with Crippen molar-refractivity contribution in [3.63, 3.8) is 0 Å². The summed E-state index contributed by atoms with van der Waals surface area (Å²) in [6.07, 6.45) is 2.22. The summed E-state index contributed by atoms with van der Waals surface area (Å²) in [6.45, 7) is 5.38. The standard InChI is InChI=1S/C14H22N2O/c1-3-16(2)9-8-15-14-7-4-11-10-12(17)5-6-13(11)14/h5-6,10,14-15,17H,3-4,7-9H2,1-2H3. The number of benzene rings is 1. The van der Waals surface area contributed by atoms with Gasteiger partial charge in [0, 0.05) is 19.1 Å². The van der Waals surface area contributed by atoms with Crippen LogP contribution in [0.25, 0.3) is 0 Å². The molecule has 3 heteroatoms. The van der Waals surface area contributed by atoms with E-state index in [0.29, 0.717) is 11.8 Å². The lowest BCUT2D eigenvalue weighted by Gasteiger charge is -2.18. The Bertz CT molecular complexity index is 378. The summed E-state index contributed by atoms with van der Waals surface area (Å²) in [5.41, 5.74) is 2.66. The number of hydrogen-bond donors (Lipinski definition) is 2. The molecule has 0 aromatic heterocycles. The van der Waals surface area contributed by atoms with E-state index in [1.54, 1.807) is 6.07 Å². The molecule has 0 saturated heterocycles. The summed E-state index contributed by atoms with van der Waals surface area (Å²) < 4.78 is 0. The van der Waals surface area contributed by atoms with Crippen LogP contribution in [0.3, 0.4) is 0 Å². The zero-order valence-corrected chi connectivity index (χ0v) is 10.7. The summed E-state index contributed by atoms with van der Waals surface area (Å²) in [4.78, 5) is 2.31. The van der Waals surface area contributed by atoms with Gasteiger partial charge in [0.2, 0.25) is 0 Å². The number of aromatic hydroxyl groups is 1. The highest BCUT2D eigenvalue weighted by Gasteiger charge is 2.21. The second kappa shape index (κ2) is 5.52. The maximum absolute atomic E-state index is 9.44. The van der Waals surface area contributed by atoms with Crippen LogP contribution in [0.1, 0.15) is 30.5 Å². The molecule has 0 fully saturated rings. The lowest BCUT2D eigenvalue weighted by atomic mass is 10.1. The Hall–Kier alpha value is -1.06. The Labute approximate surface area is 103 Å². The van der Waals surface area contributed by atoms with Crippen LogP contribution in [0.15, 0.2) is 18.2 Å². The summed E-state index contributed by atoms with van der Waals surface area (Å²) in [5.74, 6) is 0.384. The molecule has 0 amide bonds. The van der Waals surface area contributed by atoms with Gasteiger partial charge >= 0.3 is 0 Å². The fraction of sp³-hybridized carbons (Fsp3) is 0.571. The number of aryl methyl sites for hydroxylation is 1. The topological polar surface area (TPSA) is 35.5 Å². The molecule has 0 spiro atoms. The molecule has 1 aromatic rings. The Kier molecular flexibility index (Phi) is 4.02. The molecule has 0 heterocycles. The van der Waals surface area contributed by atoms with E-state index in [1.165, 1.54) is 11.1 Å². The first kappa shape index (κ1) is 12.4. The highest BCUT2D eigenvalue weighted by atomic mass is 16.3. The van der Waals surface area contributed by atoms with Crippen LogP contribution in [-0.4, -0.2) is 36.7 Å². The maximum Gasteiger partial charge on any atom is 0.115 e. The van der Waals surface area contributed by atoms with E-state index >= 15 is 0 Å². The molecule has 1 atom stereocenters. The molecule has 1 aliphatic rings. The quantitative estimate of drug-likeness (QED) is 0.817. The smallest absolute Gasteiger partial charge is 0.115 e. The maximum atomic E-state index is 9.44. The second-order valence-electron chi connectivity index (χ2n) is 4.82. The predicted molar refractivity (Wildman–Crippen MR) is 70.3 cm³/mol. The molecular formula is C14H22N2O. The van der Waals surface area contributed by atoms with Gasteiger partial charge in [-0.15, -0.1) is 0 Å². The molecule has 1 aromatic carbocycles. The third kappa shape index (κ3) is 2.99. The molecule has 0 saturated carbocycles. The molecule has 0 radical (unpaired) electrons.